The highest BCUT2D eigenvalue weighted by molar-refractivity contribution is 7.18. The number of rotatable bonds is 2. The zero-order valence-corrected chi connectivity index (χ0v) is 9.96. The van der Waals surface area contributed by atoms with E-state index in [1.54, 1.807) is 28.9 Å². The predicted molar refractivity (Wildman–Crippen MR) is 67.8 cm³/mol. The Labute approximate surface area is 101 Å². The van der Waals surface area contributed by atoms with Crippen molar-refractivity contribution in [2.75, 3.05) is 0 Å². The first-order valence-corrected chi connectivity index (χ1v) is 6.54. The lowest BCUT2D eigenvalue weighted by atomic mass is 10.3. The second kappa shape index (κ2) is 3.93. The summed E-state index contributed by atoms with van der Waals surface area (Å²) in [6.07, 6.45) is 1.78. The molecule has 0 saturated carbocycles. The number of pyridine rings is 1. The minimum atomic E-state index is -0.126. The SMILES string of the molecule is NC(c1cccs1)c1nc2cccnc2s1. The van der Waals surface area contributed by atoms with Gasteiger partial charge in [0.25, 0.3) is 0 Å². The summed E-state index contributed by atoms with van der Waals surface area (Å²) < 4.78 is 0. The van der Waals surface area contributed by atoms with E-state index in [4.69, 9.17) is 5.73 Å². The molecule has 16 heavy (non-hydrogen) atoms. The van der Waals surface area contributed by atoms with Crippen molar-refractivity contribution in [2.45, 2.75) is 6.04 Å². The number of thiophene rings is 1. The van der Waals surface area contributed by atoms with Crippen molar-refractivity contribution in [2.24, 2.45) is 5.73 Å². The Balaban J connectivity index is 2.06. The van der Waals surface area contributed by atoms with Gasteiger partial charge in [-0.3, -0.25) is 0 Å². The summed E-state index contributed by atoms with van der Waals surface area (Å²) in [5, 5.41) is 2.96. The Morgan fingerprint density at radius 2 is 2.19 bits per heavy atom. The predicted octanol–water partition coefficient (Wildman–Crippen LogP) is 2.80. The van der Waals surface area contributed by atoms with Crippen molar-refractivity contribution < 1.29 is 0 Å². The molecular weight excluding hydrogens is 238 g/mol. The number of nitrogens with two attached hydrogens (primary N) is 1. The third-order valence-corrected chi connectivity index (χ3v) is 4.32. The molecule has 3 nitrogen and oxygen atoms in total. The maximum Gasteiger partial charge on any atom is 0.143 e. The fourth-order valence-corrected chi connectivity index (χ4v) is 3.24. The molecule has 0 spiro atoms. The number of thiazole rings is 1. The molecule has 0 saturated heterocycles. The average Bonchev–Trinajstić information content (AvgIpc) is 2.97. The van der Waals surface area contributed by atoms with Gasteiger partial charge in [0, 0.05) is 11.1 Å². The topological polar surface area (TPSA) is 51.8 Å². The van der Waals surface area contributed by atoms with Crippen LogP contribution in [0.25, 0.3) is 10.3 Å². The first-order valence-electron chi connectivity index (χ1n) is 4.85. The van der Waals surface area contributed by atoms with Gasteiger partial charge in [0.05, 0.1) is 6.04 Å². The average molecular weight is 247 g/mol. The maximum atomic E-state index is 6.16. The second-order valence-corrected chi connectivity index (χ2v) is 5.36. The Bertz CT molecular complexity index is 568. The summed E-state index contributed by atoms with van der Waals surface area (Å²) in [6.45, 7) is 0. The Hall–Kier alpha value is -1.30. The lowest BCUT2D eigenvalue weighted by molar-refractivity contribution is 0.882. The molecule has 3 aromatic heterocycles. The first kappa shape index (κ1) is 9.89. The third kappa shape index (κ3) is 1.63. The number of hydrogen-bond donors (Lipinski definition) is 1. The first-order chi connectivity index (χ1) is 7.84. The number of nitrogens with zero attached hydrogens (tertiary/aromatic N) is 2. The zero-order chi connectivity index (χ0) is 11.0. The fraction of sp³-hybridized carbons (Fsp3) is 0.0909. The Kier molecular flexibility index (Phi) is 2.43. The molecule has 0 aliphatic rings. The van der Waals surface area contributed by atoms with Crippen molar-refractivity contribution in [3.63, 3.8) is 0 Å². The van der Waals surface area contributed by atoms with Crippen molar-refractivity contribution in [1.82, 2.24) is 9.97 Å². The van der Waals surface area contributed by atoms with Gasteiger partial charge in [-0.2, -0.15) is 0 Å². The van der Waals surface area contributed by atoms with Gasteiger partial charge in [-0.05, 0) is 23.6 Å². The van der Waals surface area contributed by atoms with Crippen molar-refractivity contribution in [3.05, 3.63) is 45.7 Å². The summed E-state index contributed by atoms with van der Waals surface area (Å²) in [5.74, 6) is 0. The van der Waals surface area contributed by atoms with E-state index < -0.39 is 0 Å². The van der Waals surface area contributed by atoms with Crippen LogP contribution in [0.2, 0.25) is 0 Å². The third-order valence-electron chi connectivity index (χ3n) is 2.30. The van der Waals surface area contributed by atoms with Crippen LogP contribution in [-0.2, 0) is 0 Å². The van der Waals surface area contributed by atoms with Crippen molar-refractivity contribution in [1.29, 1.82) is 0 Å². The van der Waals surface area contributed by atoms with Crippen molar-refractivity contribution >= 4 is 33.0 Å². The van der Waals surface area contributed by atoms with Crippen LogP contribution in [0.1, 0.15) is 15.9 Å². The molecule has 0 aromatic carbocycles. The van der Waals surface area contributed by atoms with Crippen LogP contribution in [0.5, 0.6) is 0 Å². The van der Waals surface area contributed by atoms with E-state index in [0.717, 1.165) is 20.2 Å². The smallest absolute Gasteiger partial charge is 0.143 e. The van der Waals surface area contributed by atoms with Crippen LogP contribution >= 0.6 is 22.7 Å². The molecule has 3 rings (SSSR count). The Morgan fingerprint density at radius 1 is 1.25 bits per heavy atom. The van der Waals surface area contributed by atoms with E-state index >= 15 is 0 Å². The summed E-state index contributed by atoms with van der Waals surface area (Å²) >= 11 is 3.22. The van der Waals surface area contributed by atoms with Crippen molar-refractivity contribution in [3.8, 4) is 0 Å². The van der Waals surface area contributed by atoms with Gasteiger partial charge < -0.3 is 5.73 Å². The van der Waals surface area contributed by atoms with Gasteiger partial charge in [0.15, 0.2) is 0 Å². The monoisotopic (exact) mass is 247 g/mol. The fourth-order valence-electron chi connectivity index (χ4n) is 1.51. The van der Waals surface area contributed by atoms with Crippen LogP contribution < -0.4 is 5.73 Å². The van der Waals surface area contributed by atoms with E-state index in [0.29, 0.717) is 0 Å². The molecule has 3 aromatic rings. The minimum absolute atomic E-state index is 0.126. The summed E-state index contributed by atoms with van der Waals surface area (Å²) in [5.41, 5.74) is 7.08. The number of fused-ring (bicyclic) bond motifs is 1. The van der Waals surface area contributed by atoms with E-state index in [2.05, 4.69) is 9.97 Å². The van der Waals surface area contributed by atoms with Crippen LogP contribution in [0.4, 0.5) is 0 Å². The lowest BCUT2D eigenvalue weighted by Gasteiger charge is -2.03. The highest BCUT2D eigenvalue weighted by atomic mass is 32.1. The molecule has 1 unspecified atom stereocenters. The molecule has 2 N–H and O–H groups in total. The molecule has 0 aliphatic carbocycles. The van der Waals surface area contributed by atoms with E-state index in [-0.39, 0.29) is 6.04 Å². The Morgan fingerprint density at radius 3 is 2.94 bits per heavy atom. The van der Waals surface area contributed by atoms with Crippen LogP contribution in [0.15, 0.2) is 35.8 Å². The largest absolute Gasteiger partial charge is 0.318 e. The van der Waals surface area contributed by atoms with Gasteiger partial charge in [0.2, 0.25) is 0 Å². The van der Waals surface area contributed by atoms with Gasteiger partial charge in [-0.25, -0.2) is 9.97 Å². The molecule has 1 atom stereocenters. The van der Waals surface area contributed by atoms with Gasteiger partial charge in [0.1, 0.15) is 15.4 Å². The quantitative estimate of drug-likeness (QED) is 0.757. The molecule has 0 fully saturated rings. The van der Waals surface area contributed by atoms with E-state index in [9.17, 15) is 0 Å². The number of aromatic nitrogens is 2. The van der Waals surface area contributed by atoms with Crippen LogP contribution in [-0.4, -0.2) is 9.97 Å². The highest BCUT2D eigenvalue weighted by Crippen LogP contribution is 2.29. The van der Waals surface area contributed by atoms with Crippen LogP contribution in [0, 0.1) is 0 Å². The number of hydrogen-bond acceptors (Lipinski definition) is 5. The molecule has 0 radical (unpaired) electrons. The molecule has 0 bridgehead atoms. The summed E-state index contributed by atoms with van der Waals surface area (Å²) in [7, 11) is 0. The van der Waals surface area contributed by atoms with Gasteiger partial charge in [-0.15, -0.1) is 11.3 Å². The van der Waals surface area contributed by atoms with Gasteiger partial charge in [-0.1, -0.05) is 17.4 Å². The lowest BCUT2D eigenvalue weighted by Crippen LogP contribution is -2.09. The summed E-state index contributed by atoms with van der Waals surface area (Å²) in [6, 6.07) is 7.77. The second-order valence-electron chi connectivity index (χ2n) is 3.37. The normalized spacial score (nSPS) is 13.1. The standard InChI is InChI=1S/C11H9N3S2/c12-9(8-4-2-6-15-8)11-14-7-3-1-5-13-10(7)16-11/h1-6,9H,12H2. The summed E-state index contributed by atoms with van der Waals surface area (Å²) in [4.78, 5) is 10.9. The molecule has 3 heterocycles. The molecule has 5 heteroatoms. The van der Waals surface area contributed by atoms with E-state index in [1.165, 1.54) is 0 Å². The maximum absolute atomic E-state index is 6.16. The van der Waals surface area contributed by atoms with E-state index in [1.807, 2.05) is 29.6 Å². The molecule has 0 amide bonds. The van der Waals surface area contributed by atoms with Gasteiger partial charge >= 0.3 is 0 Å². The zero-order valence-electron chi connectivity index (χ0n) is 8.33. The molecule has 0 aliphatic heterocycles. The highest BCUT2D eigenvalue weighted by Gasteiger charge is 2.14. The molecule has 80 valence electrons. The minimum Gasteiger partial charge on any atom is -0.318 e. The molecular formula is C11H9N3S2. The van der Waals surface area contributed by atoms with Crippen LogP contribution in [0.3, 0.4) is 0 Å².